The summed E-state index contributed by atoms with van der Waals surface area (Å²) in [4.78, 5) is 28.3. The van der Waals surface area contributed by atoms with Gasteiger partial charge < -0.3 is 19.7 Å². The molecule has 208 valence electrons. The van der Waals surface area contributed by atoms with Crippen LogP contribution in [0.5, 0.6) is 11.5 Å². The summed E-state index contributed by atoms with van der Waals surface area (Å²) in [5.74, 6) is 0.426. The van der Waals surface area contributed by atoms with Crippen LogP contribution in [0.1, 0.15) is 23.6 Å². The standard InChI is InChI=1S/C29H35N3O6S/c1-22(29(34)30-18-25-12-8-9-13-27(25)38-3)32(20-24-14-16-26(37-2)17-15-24)28(33)21-31(39(4,35)36)19-23-10-6-5-7-11-23/h5-17,22H,18-21H2,1-4H3,(H,30,34)/t22-/m0/s1. The van der Waals surface area contributed by atoms with Crippen molar-refractivity contribution in [3.05, 3.63) is 95.6 Å². The fourth-order valence-corrected chi connectivity index (χ4v) is 4.74. The van der Waals surface area contributed by atoms with Crippen LogP contribution in [0.4, 0.5) is 0 Å². The van der Waals surface area contributed by atoms with E-state index in [1.165, 1.54) is 4.90 Å². The molecule has 10 heteroatoms. The summed E-state index contributed by atoms with van der Waals surface area (Å²) in [5, 5.41) is 2.87. The number of nitrogens with zero attached hydrogens (tertiary/aromatic N) is 2. The molecule has 1 atom stereocenters. The molecule has 0 aromatic heterocycles. The van der Waals surface area contributed by atoms with E-state index in [9.17, 15) is 18.0 Å². The van der Waals surface area contributed by atoms with E-state index in [2.05, 4.69) is 5.32 Å². The first-order chi connectivity index (χ1) is 18.6. The van der Waals surface area contributed by atoms with Gasteiger partial charge in [-0.15, -0.1) is 0 Å². The van der Waals surface area contributed by atoms with E-state index in [1.54, 1.807) is 63.6 Å². The van der Waals surface area contributed by atoms with Gasteiger partial charge in [-0.2, -0.15) is 4.31 Å². The summed E-state index contributed by atoms with van der Waals surface area (Å²) in [6.07, 6.45) is 1.07. The number of sulfonamides is 1. The largest absolute Gasteiger partial charge is 0.497 e. The summed E-state index contributed by atoms with van der Waals surface area (Å²) in [7, 11) is -0.601. The Morgan fingerprint density at radius 2 is 1.46 bits per heavy atom. The van der Waals surface area contributed by atoms with Gasteiger partial charge in [0.05, 0.1) is 27.0 Å². The molecule has 0 aliphatic carbocycles. The fourth-order valence-electron chi connectivity index (χ4n) is 4.01. The molecule has 0 saturated carbocycles. The lowest BCUT2D eigenvalue weighted by Crippen LogP contribution is -2.50. The van der Waals surface area contributed by atoms with Gasteiger partial charge in [0.15, 0.2) is 0 Å². The molecule has 0 aliphatic heterocycles. The van der Waals surface area contributed by atoms with Crippen molar-refractivity contribution in [3.8, 4) is 11.5 Å². The summed E-state index contributed by atoms with van der Waals surface area (Å²) in [6.45, 7) is 1.57. The minimum Gasteiger partial charge on any atom is -0.497 e. The third kappa shape index (κ3) is 8.56. The summed E-state index contributed by atoms with van der Waals surface area (Å²) < 4.78 is 36.9. The number of amides is 2. The molecule has 3 rings (SSSR count). The smallest absolute Gasteiger partial charge is 0.242 e. The molecule has 0 unspecified atom stereocenters. The predicted octanol–water partition coefficient (Wildman–Crippen LogP) is 3.20. The van der Waals surface area contributed by atoms with Gasteiger partial charge in [0.2, 0.25) is 21.8 Å². The monoisotopic (exact) mass is 553 g/mol. The molecule has 39 heavy (non-hydrogen) atoms. The van der Waals surface area contributed by atoms with E-state index in [0.29, 0.717) is 11.5 Å². The van der Waals surface area contributed by atoms with Crippen LogP contribution in [0.3, 0.4) is 0 Å². The lowest BCUT2D eigenvalue weighted by atomic mass is 10.1. The van der Waals surface area contributed by atoms with Gasteiger partial charge >= 0.3 is 0 Å². The minimum absolute atomic E-state index is 0.0379. The van der Waals surface area contributed by atoms with Gasteiger partial charge in [0.1, 0.15) is 17.5 Å². The van der Waals surface area contributed by atoms with Gasteiger partial charge in [0, 0.05) is 25.2 Å². The Hall–Kier alpha value is -3.89. The molecule has 0 heterocycles. The number of methoxy groups -OCH3 is 2. The number of hydrogen-bond donors (Lipinski definition) is 1. The number of benzene rings is 3. The normalized spacial score (nSPS) is 12.0. The molecular weight excluding hydrogens is 518 g/mol. The van der Waals surface area contributed by atoms with Gasteiger partial charge in [0.25, 0.3) is 0 Å². The Labute approximate surface area is 230 Å². The van der Waals surface area contributed by atoms with Crippen LogP contribution >= 0.6 is 0 Å². The molecule has 3 aromatic carbocycles. The molecule has 0 fully saturated rings. The number of carbonyl (C=O) groups is 2. The van der Waals surface area contributed by atoms with Gasteiger partial charge in [-0.05, 0) is 36.2 Å². The third-order valence-corrected chi connectivity index (χ3v) is 7.50. The highest BCUT2D eigenvalue weighted by Gasteiger charge is 2.30. The molecule has 0 spiro atoms. The number of ether oxygens (including phenoxy) is 2. The quantitative estimate of drug-likeness (QED) is 0.349. The van der Waals surface area contributed by atoms with Crippen molar-refractivity contribution in [2.75, 3.05) is 27.0 Å². The second-order valence-corrected chi connectivity index (χ2v) is 11.1. The highest BCUT2D eigenvalue weighted by atomic mass is 32.2. The maximum Gasteiger partial charge on any atom is 0.242 e. The first-order valence-electron chi connectivity index (χ1n) is 12.4. The van der Waals surface area contributed by atoms with E-state index in [-0.39, 0.29) is 25.5 Å². The maximum atomic E-state index is 13.6. The first-order valence-corrected chi connectivity index (χ1v) is 14.3. The van der Waals surface area contributed by atoms with Crippen molar-refractivity contribution >= 4 is 21.8 Å². The first kappa shape index (κ1) is 29.7. The number of hydrogen-bond acceptors (Lipinski definition) is 6. The summed E-state index contributed by atoms with van der Waals surface area (Å²) in [5.41, 5.74) is 2.31. The molecule has 3 aromatic rings. The van der Waals surface area contributed by atoms with E-state index in [0.717, 1.165) is 27.3 Å². The van der Waals surface area contributed by atoms with Crippen molar-refractivity contribution in [3.63, 3.8) is 0 Å². The molecule has 0 bridgehead atoms. The molecular formula is C29H35N3O6S. The summed E-state index contributed by atoms with van der Waals surface area (Å²) >= 11 is 0. The lowest BCUT2D eigenvalue weighted by Gasteiger charge is -2.31. The van der Waals surface area contributed by atoms with E-state index < -0.39 is 28.5 Å². The van der Waals surface area contributed by atoms with Crippen LogP contribution in [0.25, 0.3) is 0 Å². The summed E-state index contributed by atoms with van der Waals surface area (Å²) in [6, 6.07) is 22.6. The molecule has 9 nitrogen and oxygen atoms in total. The van der Waals surface area contributed by atoms with Gasteiger partial charge in [-0.3, -0.25) is 9.59 Å². The average Bonchev–Trinajstić information content (AvgIpc) is 2.94. The second kappa shape index (κ2) is 13.8. The highest BCUT2D eigenvalue weighted by Crippen LogP contribution is 2.19. The van der Waals surface area contributed by atoms with Crippen LogP contribution in [0.15, 0.2) is 78.9 Å². The van der Waals surface area contributed by atoms with Gasteiger partial charge in [-0.25, -0.2) is 8.42 Å². The third-order valence-electron chi connectivity index (χ3n) is 6.31. The molecule has 0 saturated heterocycles. The van der Waals surface area contributed by atoms with Crippen molar-refractivity contribution < 1.29 is 27.5 Å². The molecule has 0 radical (unpaired) electrons. The highest BCUT2D eigenvalue weighted by molar-refractivity contribution is 7.88. The Kier molecular flexibility index (Phi) is 10.5. The number of nitrogens with one attached hydrogen (secondary N) is 1. The number of rotatable bonds is 13. The Morgan fingerprint density at radius 1 is 0.846 bits per heavy atom. The van der Waals surface area contributed by atoms with Crippen molar-refractivity contribution in [1.29, 1.82) is 0 Å². The minimum atomic E-state index is -3.72. The van der Waals surface area contributed by atoms with E-state index in [4.69, 9.17) is 9.47 Å². The van der Waals surface area contributed by atoms with Crippen LogP contribution in [-0.4, -0.2) is 62.5 Å². The number of para-hydroxylation sites is 1. The SMILES string of the molecule is COc1ccc(CN(C(=O)CN(Cc2ccccc2)S(C)(=O)=O)[C@@H](C)C(=O)NCc2ccccc2OC)cc1. The maximum absolute atomic E-state index is 13.6. The average molecular weight is 554 g/mol. The topological polar surface area (TPSA) is 105 Å². The molecule has 2 amide bonds. The van der Waals surface area contributed by atoms with Crippen LogP contribution < -0.4 is 14.8 Å². The zero-order chi connectivity index (χ0) is 28.4. The Morgan fingerprint density at radius 3 is 2.08 bits per heavy atom. The zero-order valence-corrected chi connectivity index (χ0v) is 23.5. The number of carbonyl (C=O) groups excluding carboxylic acids is 2. The van der Waals surface area contributed by atoms with Crippen molar-refractivity contribution in [2.45, 2.75) is 32.6 Å². The fraction of sp³-hybridized carbons (Fsp3) is 0.310. The van der Waals surface area contributed by atoms with E-state index >= 15 is 0 Å². The Bertz CT molecular complexity index is 1350. The Balaban J connectivity index is 1.82. The molecule has 1 N–H and O–H groups in total. The molecule has 0 aliphatic rings. The van der Waals surface area contributed by atoms with Crippen LogP contribution in [0.2, 0.25) is 0 Å². The van der Waals surface area contributed by atoms with Crippen LogP contribution in [0, 0.1) is 0 Å². The van der Waals surface area contributed by atoms with Gasteiger partial charge in [-0.1, -0.05) is 60.7 Å². The zero-order valence-electron chi connectivity index (χ0n) is 22.7. The van der Waals surface area contributed by atoms with Crippen LogP contribution in [-0.2, 0) is 39.2 Å². The van der Waals surface area contributed by atoms with Crippen molar-refractivity contribution in [2.24, 2.45) is 0 Å². The predicted molar refractivity (Wildman–Crippen MR) is 150 cm³/mol. The van der Waals surface area contributed by atoms with Crippen molar-refractivity contribution in [1.82, 2.24) is 14.5 Å². The lowest BCUT2D eigenvalue weighted by molar-refractivity contribution is -0.140. The second-order valence-electron chi connectivity index (χ2n) is 9.09. The van der Waals surface area contributed by atoms with E-state index in [1.807, 2.05) is 36.4 Å².